The molecule has 0 N–H and O–H groups in total. The Bertz CT molecular complexity index is 495. The molecule has 3 atom stereocenters. The van der Waals surface area contributed by atoms with E-state index in [0.717, 1.165) is 19.3 Å². The maximum atomic E-state index is 12.4. The van der Waals surface area contributed by atoms with Gasteiger partial charge < -0.3 is 9.64 Å². The molecule has 2 aliphatic heterocycles. The summed E-state index contributed by atoms with van der Waals surface area (Å²) < 4.78 is 5.56. The summed E-state index contributed by atoms with van der Waals surface area (Å²) in [5, 5.41) is 0. The first-order chi connectivity index (χ1) is 9.46. The lowest BCUT2D eigenvalue weighted by atomic mass is 9.85. The van der Waals surface area contributed by atoms with Gasteiger partial charge in [0.25, 0.3) is 0 Å². The monoisotopic (exact) mass is 274 g/mol. The molecule has 4 heteroatoms. The van der Waals surface area contributed by atoms with Crippen molar-refractivity contribution in [2.75, 3.05) is 0 Å². The van der Waals surface area contributed by atoms with Crippen molar-refractivity contribution >= 4 is 6.09 Å². The number of hydrogen-bond donors (Lipinski definition) is 0. The number of ether oxygens (including phenoxy) is 1. The zero-order chi connectivity index (χ0) is 14.3. The average Bonchev–Trinajstić information content (AvgIpc) is 2.95. The molecule has 2 fully saturated rings. The van der Waals surface area contributed by atoms with Crippen molar-refractivity contribution in [2.24, 2.45) is 0 Å². The van der Waals surface area contributed by atoms with Gasteiger partial charge in [-0.3, -0.25) is 4.98 Å². The maximum Gasteiger partial charge on any atom is 0.410 e. The molecule has 2 saturated heterocycles. The van der Waals surface area contributed by atoms with Crippen LogP contribution < -0.4 is 0 Å². The van der Waals surface area contributed by atoms with E-state index in [2.05, 4.69) is 11.1 Å². The molecule has 0 saturated carbocycles. The van der Waals surface area contributed by atoms with Gasteiger partial charge in [0.1, 0.15) is 5.60 Å². The second-order valence-electron chi connectivity index (χ2n) is 6.81. The number of amides is 1. The topological polar surface area (TPSA) is 42.4 Å². The lowest BCUT2D eigenvalue weighted by Gasteiger charge is -2.28. The minimum Gasteiger partial charge on any atom is -0.444 e. The maximum absolute atomic E-state index is 12.4. The summed E-state index contributed by atoms with van der Waals surface area (Å²) >= 11 is 0. The van der Waals surface area contributed by atoms with E-state index in [4.69, 9.17) is 4.74 Å². The number of hydrogen-bond acceptors (Lipinski definition) is 3. The normalized spacial score (nSPS) is 28.8. The van der Waals surface area contributed by atoms with Gasteiger partial charge >= 0.3 is 6.09 Å². The zero-order valence-electron chi connectivity index (χ0n) is 12.4. The van der Waals surface area contributed by atoms with Gasteiger partial charge in [-0.05, 0) is 51.7 Å². The van der Waals surface area contributed by atoms with Crippen molar-refractivity contribution < 1.29 is 9.53 Å². The number of nitrogens with zero attached hydrogens (tertiary/aromatic N) is 2. The first-order valence-corrected chi connectivity index (χ1v) is 7.37. The summed E-state index contributed by atoms with van der Waals surface area (Å²) in [5.41, 5.74) is 0.816. The highest BCUT2D eigenvalue weighted by molar-refractivity contribution is 5.70. The summed E-state index contributed by atoms with van der Waals surface area (Å²) in [6.07, 6.45) is 6.78. The molecule has 0 spiro atoms. The van der Waals surface area contributed by atoms with Gasteiger partial charge in [-0.25, -0.2) is 4.79 Å². The lowest BCUT2D eigenvalue weighted by molar-refractivity contribution is 0.0213. The van der Waals surface area contributed by atoms with Crippen molar-refractivity contribution in [3.8, 4) is 0 Å². The number of pyridine rings is 1. The van der Waals surface area contributed by atoms with Gasteiger partial charge in [0.2, 0.25) is 0 Å². The molecular formula is C16H22N2O2. The Balaban J connectivity index is 1.78. The number of rotatable bonds is 1. The van der Waals surface area contributed by atoms with Gasteiger partial charge in [-0.1, -0.05) is 6.07 Å². The predicted octanol–water partition coefficient (Wildman–Crippen LogP) is 3.34. The molecule has 4 nitrogen and oxygen atoms in total. The average molecular weight is 274 g/mol. The van der Waals surface area contributed by atoms with Crippen LogP contribution in [-0.4, -0.2) is 33.7 Å². The van der Waals surface area contributed by atoms with Crippen LogP contribution in [0.1, 0.15) is 51.5 Å². The summed E-state index contributed by atoms with van der Waals surface area (Å²) in [6.45, 7) is 5.75. The highest BCUT2D eigenvalue weighted by atomic mass is 16.6. The molecule has 0 aliphatic carbocycles. The third-order valence-corrected chi connectivity index (χ3v) is 4.25. The third-order valence-electron chi connectivity index (χ3n) is 4.25. The fraction of sp³-hybridized carbons (Fsp3) is 0.625. The van der Waals surface area contributed by atoms with Crippen molar-refractivity contribution in [1.82, 2.24) is 9.88 Å². The van der Waals surface area contributed by atoms with Crippen LogP contribution in [0.15, 0.2) is 24.5 Å². The largest absolute Gasteiger partial charge is 0.444 e. The first kappa shape index (κ1) is 13.4. The van der Waals surface area contributed by atoms with Crippen LogP contribution in [0.2, 0.25) is 0 Å². The number of carbonyl (C=O) groups excluding carboxylic acids is 1. The van der Waals surface area contributed by atoms with Gasteiger partial charge in [0, 0.05) is 30.4 Å². The van der Waals surface area contributed by atoms with Gasteiger partial charge in [-0.2, -0.15) is 0 Å². The molecule has 3 heterocycles. The predicted molar refractivity (Wildman–Crippen MR) is 76.5 cm³/mol. The van der Waals surface area contributed by atoms with Crippen molar-refractivity contribution in [2.45, 2.75) is 63.6 Å². The van der Waals surface area contributed by atoms with Crippen molar-refractivity contribution in [1.29, 1.82) is 0 Å². The van der Waals surface area contributed by atoms with Gasteiger partial charge in [0.15, 0.2) is 0 Å². The van der Waals surface area contributed by atoms with Crippen LogP contribution in [0.5, 0.6) is 0 Å². The highest BCUT2D eigenvalue weighted by Crippen LogP contribution is 2.47. The van der Waals surface area contributed by atoms with Crippen LogP contribution in [0.4, 0.5) is 4.79 Å². The van der Waals surface area contributed by atoms with Gasteiger partial charge in [0.05, 0.1) is 0 Å². The molecule has 2 bridgehead atoms. The van der Waals surface area contributed by atoms with Crippen molar-refractivity contribution in [3.63, 3.8) is 0 Å². The summed E-state index contributed by atoms with van der Waals surface area (Å²) in [5.74, 6) is 0.412. The molecule has 108 valence electrons. The summed E-state index contributed by atoms with van der Waals surface area (Å²) in [6, 6.07) is 4.70. The number of aromatic nitrogens is 1. The molecule has 1 unspecified atom stereocenters. The molecule has 2 aliphatic rings. The van der Waals surface area contributed by atoms with E-state index in [1.165, 1.54) is 5.56 Å². The molecule has 1 aromatic rings. The molecule has 20 heavy (non-hydrogen) atoms. The van der Waals surface area contributed by atoms with E-state index in [0.29, 0.717) is 12.0 Å². The Morgan fingerprint density at radius 2 is 2.20 bits per heavy atom. The van der Waals surface area contributed by atoms with E-state index >= 15 is 0 Å². The molecule has 3 rings (SSSR count). The van der Waals surface area contributed by atoms with Crippen LogP contribution >= 0.6 is 0 Å². The standard InChI is InChI=1S/C16H22N2O2/c1-16(2,3)20-15(19)18-12-6-7-14(18)13(9-12)11-5-4-8-17-10-11/h4-5,8,10,12-14H,6-7,9H2,1-3H3/t12-,13?,14+/m0/s1. The van der Waals surface area contributed by atoms with E-state index in [1.54, 1.807) is 6.20 Å². The Kier molecular flexibility index (Phi) is 3.19. The van der Waals surface area contributed by atoms with E-state index < -0.39 is 5.60 Å². The molecule has 1 amide bonds. The zero-order valence-corrected chi connectivity index (χ0v) is 12.4. The highest BCUT2D eigenvalue weighted by Gasteiger charge is 2.50. The Morgan fingerprint density at radius 1 is 1.40 bits per heavy atom. The van der Waals surface area contributed by atoms with Gasteiger partial charge in [-0.15, -0.1) is 0 Å². The molecule has 0 aromatic carbocycles. The quantitative estimate of drug-likeness (QED) is 0.788. The molecular weight excluding hydrogens is 252 g/mol. The van der Waals surface area contributed by atoms with Crippen LogP contribution in [0.25, 0.3) is 0 Å². The smallest absolute Gasteiger partial charge is 0.410 e. The SMILES string of the molecule is CC(C)(C)OC(=O)N1[C@H]2CC[C@@H]1C(c1cccnc1)C2. The second kappa shape index (κ2) is 4.76. The minimum atomic E-state index is -0.428. The molecule has 1 aromatic heterocycles. The van der Waals surface area contributed by atoms with E-state index in [9.17, 15) is 4.79 Å². The lowest BCUT2D eigenvalue weighted by Crippen LogP contribution is -2.40. The first-order valence-electron chi connectivity index (χ1n) is 7.37. The number of carbonyl (C=O) groups is 1. The van der Waals surface area contributed by atoms with E-state index in [1.807, 2.05) is 37.9 Å². The van der Waals surface area contributed by atoms with Crippen LogP contribution in [0.3, 0.4) is 0 Å². The Labute approximate surface area is 120 Å². The summed E-state index contributed by atoms with van der Waals surface area (Å²) in [4.78, 5) is 18.6. The van der Waals surface area contributed by atoms with Crippen molar-refractivity contribution in [3.05, 3.63) is 30.1 Å². The molecule has 0 radical (unpaired) electrons. The van der Waals surface area contributed by atoms with Crippen LogP contribution in [-0.2, 0) is 4.74 Å². The summed E-state index contributed by atoms with van der Waals surface area (Å²) in [7, 11) is 0. The fourth-order valence-electron chi connectivity index (χ4n) is 3.54. The Hall–Kier alpha value is -1.58. The van der Waals surface area contributed by atoms with E-state index in [-0.39, 0.29) is 12.1 Å². The third kappa shape index (κ3) is 2.39. The fourth-order valence-corrected chi connectivity index (χ4v) is 3.54. The Morgan fingerprint density at radius 3 is 2.85 bits per heavy atom. The number of fused-ring (bicyclic) bond motifs is 2. The van der Waals surface area contributed by atoms with Crippen LogP contribution in [0, 0.1) is 0 Å². The minimum absolute atomic E-state index is 0.156. The second-order valence-corrected chi connectivity index (χ2v) is 6.81.